The number of hydrogen-bond acceptors (Lipinski definition) is 5. The number of carbonyl (C=O) groups excluding carboxylic acids is 3. The van der Waals surface area contributed by atoms with Crippen LogP contribution in [-0.4, -0.2) is 66.9 Å². The molecule has 1 fully saturated rings. The molecule has 1 N–H and O–H groups in total. The van der Waals surface area contributed by atoms with Crippen LogP contribution in [0.1, 0.15) is 46.5 Å². The van der Waals surface area contributed by atoms with E-state index in [2.05, 4.69) is 5.32 Å². The molecule has 1 aromatic rings. The van der Waals surface area contributed by atoms with E-state index in [0.717, 1.165) is 12.8 Å². The summed E-state index contributed by atoms with van der Waals surface area (Å²) in [6.07, 6.45) is 2.00. The maximum Gasteiger partial charge on any atom is 0.224 e. The van der Waals surface area contributed by atoms with E-state index >= 15 is 0 Å². The fourth-order valence-electron chi connectivity index (χ4n) is 3.11. The lowest BCUT2D eigenvalue weighted by atomic mass is 10.2. The Bertz CT molecular complexity index is 729. The summed E-state index contributed by atoms with van der Waals surface area (Å²) in [6, 6.07) is 5.31. The summed E-state index contributed by atoms with van der Waals surface area (Å²) in [7, 11) is 0. The lowest BCUT2D eigenvalue weighted by Crippen LogP contribution is -2.50. The Kier molecular flexibility index (Phi) is 9.44. The number of anilines is 1. The molecule has 0 atom stereocenters. The van der Waals surface area contributed by atoms with Gasteiger partial charge in [-0.05, 0) is 25.0 Å². The molecule has 166 valence electrons. The zero-order valence-electron chi connectivity index (χ0n) is 18.2. The molecule has 1 aliphatic rings. The predicted molar refractivity (Wildman–Crippen MR) is 115 cm³/mol. The van der Waals surface area contributed by atoms with Crippen molar-refractivity contribution in [2.75, 3.05) is 44.7 Å². The van der Waals surface area contributed by atoms with Gasteiger partial charge in [0.2, 0.25) is 17.7 Å². The van der Waals surface area contributed by atoms with Gasteiger partial charge in [0.15, 0.2) is 11.5 Å². The van der Waals surface area contributed by atoms with Crippen molar-refractivity contribution in [2.24, 2.45) is 0 Å². The number of rotatable bonds is 10. The summed E-state index contributed by atoms with van der Waals surface area (Å²) in [5.74, 6) is 0.985. The van der Waals surface area contributed by atoms with Crippen molar-refractivity contribution in [3.63, 3.8) is 0 Å². The van der Waals surface area contributed by atoms with Crippen molar-refractivity contribution in [3.05, 3.63) is 18.2 Å². The average Bonchev–Trinajstić information content (AvgIpc) is 2.75. The van der Waals surface area contributed by atoms with Crippen molar-refractivity contribution in [1.82, 2.24) is 9.80 Å². The van der Waals surface area contributed by atoms with E-state index in [-0.39, 0.29) is 30.6 Å². The summed E-state index contributed by atoms with van der Waals surface area (Å²) in [4.78, 5) is 39.5. The van der Waals surface area contributed by atoms with Crippen LogP contribution in [0.15, 0.2) is 18.2 Å². The molecule has 0 aromatic heterocycles. The molecule has 30 heavy (non-hydrogen) atoms. The zero-order chi connectivity index (χ0) is 21.9. The van der Waals surface area contributed by atoms with Crippen LogP contribution in [-0.2, 0) is 14.4 Å². The van der Waals surface area contributed by atoms with Gasteiger partial charge in [-0.3, -0.25) is 14.4 Å². The third-order valence-corrected chi connectivity index (χ3v) is 4.79. The second-order valence-corrected chi connectivity index (χ2v) is 7.29. The Labute approximate surface area is 178 Å². The number of amides is 3. The Morgan fingerprint density at radius 1 is 0.900 bits per heavy atom. The summed E-state index contributed by atoms with van der Waals surface area (Å²) in [5, 5.41) is 2.82. The van der Waals surface area contributed by atoms with Gasteiger partial charge in [-0.25, -0.2) is 0 Å². The highest BCUT2D eigenvalue weighted by molar-refractivity contribution is 5.93. The molecular formula is C22H33N3O5. The molecule has 1 aliphatic heterocycles. The van der Waals surface area contributed by atoms with E-state index in [1.54, 1.807) is 28.0 Å². The van der Waals surface area contributed by atoms with Crippen LogP contribution in [0.4, 0.5) is 5.69 Å². The number of piperazine rings is 1. The molecule has 0 saturated carbocycles. The third-order valence-electron chi connectivity index (χ3n) is 4.79. The lowest BCUT2D eigenvalue weighted by Gasteiger charge is -2.34. The van der Waals surface area contributed by atoms with Gasteiger partial charge in [-0.1, -0.05) is 13.8 Å². The van der Waals surface area contributed by atoms with Crippen molar-refractivity contribution >= 4 is 23.4 Å². The number of hydrogen-bond donors (Lipinski definition) is 1. The second kappa shape index (κ2) is 12.0. The Morgan fingerprint density at radius 2 is 1.50 bits per heavy atom. The van der Waals surface area contributed by atoms with Crippen LogP contribution in [0, 0.1) is 0 Å². The fraction of sp³-hybridized carbons (Fsp3) is 0.591. The van der Waals surface area contributed by atoms with Crippen molar-refractivity contribution in [3.8, 4) is 11.5 Å². The number of nitrogens with zero attached hydrogens (tertiary/aromatic N) is 2. The van der Waals surface area contributed by atoms with Crippen LogP contribution < -0.4 is 14.8 Å². The molecule has 8 nitrogen and oxygen atoms in total. The minimum absolute atomic E-state index is 0.0230. The SMILES string of the molecule is CCCOc1ccc(NC(=O)CCC(=O)N2CCN(C(C)=O)CC2)cc1OCCC. The summed E-state index contributed by atoms with van der Waals surface area (Å²) in [6.45, 7) is 8.85. The molecule has 0 bridgehead atoms. The van der Waals surface area contributed by atoms with Gasteiger partial charge in [0.05, 0.1) is 13.2 Å². The predicted octanol–water partition coefficient (Wildman–Crippen LogP) is 2.67. The Balaban J connectivity index is 1.85. The maximum atomic E-state index is 12.4. The van der Waals surface area contributed by atoms with Crippen molar-refractivity contribution in [2.45, 2.75) is 46.5 Å². The number of nitrogens with one attached hydrogen (secondary N) is 1. The topological polar surface area (TPSA) is 88.2 Å². The molecular weight excluding hydrogens is 386 g/mol. The normalized spacial score (nSPS) is 13.7. The first kappa shape index (κ1) is 23.5. The quantitative estimate of drug-likeness (QED) is 0.630. The second-order valence-electron chi connectivity index (χ2n) is 7.29. The highest BCUT2D eigenvalue weighted by atomic mass is 16.5. The van der Waals surface area contributed by atoms with Gasteiger partial charge in [-0.15, -0.1) is 0 Å². The highest BCUT2D eigenvalue weighted by Gasteiger charge is 2.22. The first-order chi connectivity index (χ1) is 14.4. The van der Waals surface area contributed by atoms with Crippen LogP contribution >= 0.6 is 0 Å². The van der Waals surface area contributed by atoms with E-state index in [0.29, 0.717) is 56.6 Å². The molecule has 1 aromatic carbocycles. The number of ether oxygens (including phenoxy) is 2. The van der Waals surface area contributed by atoms with Gasteiger partial charge in [0, 0.05) is 57.7 Å². The Morgan fingerprint density at radius 3 is 2.10 bits per heavy atom. The van der Waals surface area contributed by atoms with Crippen molar-refractivity contribution in [1.29, 1.82) is 0 Å². The van der Waals surface area contributed by atoms with Crippen LogP contribution in [0.3, 0.4) is 0 Å². The summed E-state index contributed by atoms with van der Waals surface area (Å²) >= 11 is 0. The zero-order valence-corrected chi connectivity index (χ0v) is 18.2. The fourth-order valence-corrected chi connectivity index (χ4v) is 3.11. The molecule has 0 spiro atoms. The number of benzene rings is 1. The largest absolute Gasteiger partial charge is 0.490 e. The van der Waals surface area contributed by atoms with E-state index in [9.17, 15) is 14.4 Å². The van der Waals surface area contributed by atoms with Gasteiger partial charge in [0.1, 0.15) is 0 Å². The molecule has 1 saturated heterocycles. The molecule has 1 heterocycles. The average molecular weight is 420 g/mol. The van der Waals surface area contributed by atoms with Crippen LogP contribution in [0.2, 0.25) is 0 Å². The standard InChI is InChI=1S/C22H33N3O5/c1-4-14-29-19-7-6-18(16-20(19)30-15-5-2)23-21(27)8-9-22(28)25-12-10-24(11-13-25)17(3)26/h6-7,16H,4-5,8-15H2,1-3H3,(H,23,27). The molecule has 0 radical (unpaired) electrons. The van der Waals surface area contributed by atoms with Crippen LogP contribution in [0.25, 0.3) is 0 Å². The molecule has 2 rings (SSSR count). The van der Waals surface area contributed by atoms with Crippen molar-refractivity contribution < 1.29 is 23.9 Å². The minimum Gasteiger partial charge on any atom is -0.490 e. The first-order valence-corrected chi connectivity index (χ1v) is 10.7. The maximum absolute atomic E-state index is 12.4. The smallest absolute Gasteiger partial charge is 0.224 e. The molecule has 3 amide bonds. The van der Waals surface area contributed by atoms with E-state index < -0.39 is 0 Å². The molecule has 8 heteroatoms. The summed E-state index contributed by atoms with van der Waals surface area (Å²) in [5.41, 5.74) is 0.609. The lowest BCUT2D eigenvalue weighted by molar-refractivity contribution is -0.138. The third kappa shape index (κ3) is 7.24. The minimum atomic E-state index is -0.227. The van der Waals surface area contributed by atoms with E-state index in [1.165, 1.54) is 6.92 Å². The highest BCUT2D eigenvalue weighted by Crippen LogP contribution is 2.31. The van der Waals surface area contributed by atoms with E-state index in [1.807, 2.05) is 13.8 Å². The van der Waals surface area contributed by atoms with Crippen LogP contribution in [0.5, 0.6) is 11.5 Å². The van der Waals surface area contributed by atoms with Gasteiger partial charge in [-0.2, -0.15) is 0 Å². The summed E-state index contributed by atoms with van der Waals surface area (Å²) < 4.78 is 11.4. The van der Waals surface area contributed by atoms with Gasteiger partial charge in [0.25, 0.3) is 0 Å². The van der Waals surface area contributed by atoms with Gasteiger partial charge < -0.3 is 24.6 Å². The first-order valence-electron chi connectivity index (χ1n) is 10.7. The molecule has 0 unspecified atom stereocenters. The van der Waals surface area contributed by atoms with E-state index in [4.69, 9.17) is 9.47 Å². The monoisotopic (exact) mass is 419 g/mol. The number of carbonyl (C=O) groups is 3. The molecule has 0 aliphatic carbocycles. The Hall–Kier alpha value is -2.77. The van der Waals surface area contributed by atoms with Gasteiger partial charge >= 0.3 is 0 Å².